The Bertz CT molecular complexity index is 2060. The van der Waals surface area contributed by atoms with Crippen molar-refractivity contribution in [2.75, 3.05) is 9.62 Å². The lowest BCUT2D eigenvalue weighted by Gasteiger charge is -2.36. The number of fused-ring (bicyclic) bond motifs is 12. The lowest BCUT2D eigenvalue weighted by molar-refractivity contribution is 1.18. The number of hydrogen-bond donors (Lipinski definition) is 0. The number of aromatic nitrogens is 1. The maximum absolute atomic E-state index is 2.53. The number of benzene rings is 6. The topological polar surface area (TPSA) is 11.4 Å². The normalized spacial score (nSPS) is 13.3. The van der Waals surface area contributed by atoms with Gasteiger partial charge in [0.1, 0.15) is 0 Å². The SMILES string of the molecule is c1ccc(N2B3c4ccc5c(c4-c4ccccc4N3c3ccccc32)c2ccccc2n5-c2ccccc2)cc1. The minimum Gasteiger partial charge on any atom is -0.360 e. The van der Waals surface area contributed by atoms with Crippen LogP contribution in [-0.2, 0) is 0 Å². The van der Waals surface area contributed by atoms with Gasteiger partial charge in [0.25, 0.3) is 0 Å². The molecule has 0 spiro atoms. The first-order valence-electron chi connectivity index (χ1n) is 13.8. The molecule has 0 atom stereocenters. The quantitative estimate of drug-likeness (QED) is 0.217. The summed E-state index contributed by atoms with van der Waals surface area (Å²) >= 11 is 0. The monoisotopic (exact) mass is 509 g/mol. The molecule has 186 valence electrons. The Morgan fingerprint density at radius 1 is 0.425 bits per heavy atom. The van der Waals surface area contributed by atoms with Gasteiger partial charge in [-0.3, -0.25) is 0 Å². The van der Waals surface area contributed by atoms with Crippen LogP contribution < -0.4 is 15.1 Å². The van der Waals surface area contributed by atoms with Gasteiger partial charge < -0.3 is 14.2 Å². The third-order valence-corrected chi connectivity index (χ3v) is 8.52. The summed E-state index contributed by atoms with van der Waals surface area (Å²) in [7, 11) is 0. The average Bonchev–Trinajstić information content (AvgIpc) is 3.56. The van der Waals surface area contributed by atoms with E-state index in [4.69, 9.17) is 0 Å². The van der Waals surface area contributed by atoms with E-state index < -0.39 is 0 Å². The van der Waals surface area contributed by atoms with Crippen LogP contribution in [0.2, 0.25) is 0 Å². The second kappa shape index (κ2) is 8.14. The fraction of sp³-hybridized carbons (Fsp3) is 0. The maximum atomic E-state index is 2.53. The van der Waals surface area contributed by atoms with E-state index in [1.807, 2.05) is 0 Å². The summed E-state index contributed by atoms with van der Waals surface area (Å²) < 4.78 is 2.41. The van der Waals surface area contributed by atoms with E-state index in [9.17, 15) is 0 Å². The predicted molar refractivity (Wildman–Crippen MR) is 169 cm³/mol. The van der Waals surface area contributed by atoms with Crippen molar-refractivity contribution in [1.82, 2.24) is 4.57 Å². The molecule has 0 saturated carbocycles. The molecule has 0 N–H and O–H groups in total. The lowest BCUT2D eigenvalue weighted by Crippen LogP contribution is -2.55. The molecule has 0 saturated heterocycles. The van der Waals surface area contributed by atoms with Gasteiger partial charge in [-0.15, -0.1) is 0 Å². The summed E-state index contributed by atoms with van der Waals surface area (Å²) in [6.07, 6.45) is 0. The smallest absolute Gasteiger partial charge is 0.360 e. The first kappa shape index (κ1) is 21.7. The van der Waals surface area contributed by atoms with Crippen molar-refractivity contribution in [3.8, 4) is 16.8 Å². The van der Waals surface area contributed by atoms with E-state index in [2.05, 4.69) is 160 Å². The fourth-order valence-corrected chi connectivity index (χ4v) is 6.99. The molecule has 3 heterocycles. The van der Waals surface area contributed by atoms with Gasteiger partial charge in [-0.25, -0.2) is 0 Å². The van der Waals surface area contributed by atoms with Crippen molar-refractivity contribution in [3.05, 3.63) is 146 Å². The van der Waals surface area contributed by atoms with Crippen LogP contribution >= 0.6 is 0 Å². The lowest BCUT2D eigenvalue weighted by atomic mass is 9.59. The van der Waals surface area contributed by atoms with E-state index in [-0.39, 0.29) is 6.98 Å². The molecule has 0 radical (unpaired) electrons. The van der Waals surface area contributed by atoms with Crippen LogP contribution in [0.3, 0.4) is 0 Å². The Balaban J connectivity index is 1.43. The molecule has 0 amide bonds. The highest BCUT2D eigenvalue weighted by Crippen LogP contribution is 2.52. The first-order chi connectivity index (χ1) is 19.9. The fourth-order valence-electron chi connectivity index (χ4n) is 6.99. The van der Waals surface area contributed by atoms with Gasteiger partial charge in [0, 0.05) is 33.4 Å². The molecule has 0 aliphatic carbocycles. The summed E-state index contributed by atoms with van der Waals surface area (Å²) in [6.45, 7) is 0.00735. The van der Waals surface area contributed by atoms with Gasteiger partial charge in [0.2, 0.25) is 0 Å². The molecule has 7 aromatic rings. The maximum Gasteiger partial charge on any atom is 0.421 e. The third kappa shape index (κ3) is 2.80. The van der Waals surface area contributed by atoms with Gasteiger partial charge in [-0.2, -0.15) is 0 Å². The van der Waals surface area contributed by atoms with Gasteiger partial charge >= 0.3 is 6.98 Å². The number of rotatable bonds is 2. The van der Waals surface area contributed by atoms with Crippen LogP contribution in [-0.4, -0.2) is 11.5 Å². The predicted octanol–water partition coefficient (Wildman–Crippen LogP) is 8.45. The number of hydrogen-bond acceptors (Lipinski definition) is 2. The highest BCUT2D eigenvalue weighted by molar-refractivity contribution is 6.86. The van der Waals surface area contributed by atoms with E-state index in [1.54, 1.807) is 0 Å². The van der Waals surface area contributed by atoms with E-state index in [0.29, 0.717) is 0 Å². The average molecular weight is 509 g/mol. The Kier molecular flexibility index (Phi) is 4.41. The van der Waals surface area contributed by atoms with Crippen molar-refractivity contribution in [2.24, 2.45) is 0 Å². The zero-order chi connectivity index (χ0) is 26.2. The van der Waals surface area contributed by atoms with E-state index in [1.165, 1.54) is 66.8 Å². The molecule has 3 nitrogen and oxygen atoms in total. The van der Waals surface area contributed by atoms with Crippen molar-refractivity contribution in [3.63, 3.8) is 0 Å². The standard InChI is InChI=1S/C36H24BN3/c1-3-13-25(14-4-1)38-30-19-9-7-17-27(30)36-34(38)24-23-29-35(36)28-18-8-10-20-31(28)40-33-22-12-11-21-32(33)39(37(29)40)26-15-5-2-6-16-26/h1-24H. The zero-order valence-corrected chi connectivity index (χ0v) is 21.8. The number of anilines is 4. The highest BCUT2D eigenvalue weighted by Gasteiger charge is 2.48. The minimum absolute atomic E-state index is 0.00735. The summed E-state index contributed by atoms with van der Waals surface area (Å²) in [5, 5.41) is 2.59. The summed E-state index contributed by atoms with van der Waals surface area (Å²) in [4.78, 5) is 5.04. The van der Waals surface area contributed by atoms with E-state index in [0.717, 1.165) is 0 Å². The molecule has 0 fully saturated rings. The van der Waals surface area contributed by atoms with Crippen LogP contribution in [0, 0.1) is 0 Å². The van der Waals surface area contributed by atoms with Crippen molar-refractivity contribution < 1.29 is 0 Å². The summed E-state index contributed by atoms with van der Waals surface area (Å²) in [5.74, 6) is 0. The highest BCUT2D eigenvalue weighted by atomic mass is 15.3. The molecule has 40 heavy (non-hydrogen) atoms. The molecule has 2 aliphatic rings. The third-order valence-electron chi connectivity index (χ3n) is 8.52. The summed E-state index contributed by atoms with van der Waals surface area (Å²) in [5.41, 5.74) is 12.5. The Morgan fingerprint density at radius 2 is 1.02 bits per heavy atom. The van der Waals surface area contributed by atoms with Crippen LogP contribution in [0.25, 0.3) is 38.6 Å². The van der Waals surface area contributed by atoms with Crippen molar-refractivity contribution in [2.45, 2.75) is 0 Å². The van der Waals surface area contributed by atoms with Crippen LogP contribution in [0.1, 0.15) is 0 Å². The summed E-state index contributed by atoms with van der Waals surface area (Å²) in [6, 6.07) is 52.8. The van der Waals surface area contributed by atoms with Crippen LogP contribution in [0.5, 0.6) is 0 Å². The second-order valence-corrected chi connectivity index (χ2v) is 10.6. The second-order valence-electron chi connectivity index (χ2n) is 10.6. The molecule has 1 aromatic heterocycles. The molecule has 2 aliphatic heterocycles. The van der Waals surface area contributed by atoms with Crippen molar-refractivity contribution >= 4 is 57.0 Å². The molecular weight excluding hydrogens is 485 g/mol. The molecular formula is C36H24BN3. The van der Waals surface area contributed by atoms with Crippen LogP contribution in [0.4, 0.5) is 22.7 Å². The molecule has 9 rings (SSSR count). The number of nitrogens with zero attached hydrogens (tertiary/aromatic N) is 3. The molecule has 6 aromatic carbocycles. The van der Waals surface area contributed by atoms with Crippen molar-refractivity contribution in [1.29, 1.82) is 0 Å². The molecule has 0 bridgehead atoms. The Hall–Kier alpha value is -5.22. The van der Waals surface area contributed by atoms with E-state index >= 15 is 0 Å². The molecule has 0 unspecified atom stereocenters. The first-order valence-corrected chi connectivity index (χ1v) is 13.8. The molecule has 4 heteroatoms. The van der Waals surface area contributed by atoms with Gasteiger partial charge in [0.05, 0.1) is 22.4 Å². The van der Waals surface area contributed by atoms with Gasteiger partial charge in [0.15, 0.2) is 0 Å². The zero-order valence-electron chi connectivity index (χ0n) is 21.8. The van der Waals surface area contributed by atoms with Gasteiger partial charge in [-0.1, -0.05) is 91.0 Å². The number of para-hydroxylation sites is 6. The minimum atomic E-state index is 0.00735. The Morgan fingerprint density at radius 3 is 1.80 bits per heavy atom. The van der Waals surface area contributed by atoms with Gasteiger partial charge in [-0.05, 0) is 65.6 Å². The van der Waals surface area contributed by atoms with Crippen LogP contribution in [0.15, 0.2) is 146 Å². The largest absolute Gasteiger partial charge is 0.421 e. The Labute approximate surface area is 233 Å².